The zero-order chi connectivity index (χ0) is 10.7. The van der Waals surface area contributed by atoms with Crippen LogP contribution in [-0.4, -0.2) is 43.3 Å². The molecule has 0 radical (unpaired) electrons. The Morgan fingerprint density at radius 3 is 1.79 bits per heavy atom. The molecule has 14 heavy (non-hydrogen) atoms. The summed E-state index contributed by atoms with van der Waals surface area (Å²) < 4.78 is 0. The Morgan fingerprint density at radius 1 is 1.07 bits per heavy atom. The maximum atomic E-state index is 8.99. The van der Waals surface area contributed by atoms with Crippen LogP contribution in [0.4, 0.5) is 11.6 Å². The minimum absolute atomic E-state index is 0.136. The van der Waals surface area contributed by atoms with Crippen molar-refractivity contribution in [3.63, 3.8) is 0 Å². The largest absolute Gasteiger partial charge is 0.388 e. The lowest BCUT2D eigenvalue weighted by atomic mass is 10.4. The normalized spacial score (nSPS) is 10.1. The molecule has 0 aliphatic carbocycles. The zero-order valence-electron chi connectivity index (χ0n) is 9.02. The van der Waals surface area contributed by atoms with E-state index >= 15 is 0 Å². The molecule has 5 heteroatoms. The summed E-state index contributed by atoms with van der Waals surface area (Å²) in [6.45, 7) is -0.136. The summed E-state index contributed by atoms with van der Waals surface area (Å²) in [7, 11) is 7.62. The third kappa shape index (κ3) is 2.32. The Bertz CT molecular complexity index is 285. The van der Waals surface area contributed by atoms with Crippen LogP contribution in [0.15, 0.2) is 6.07 Å². The van der Waals surface area contributed by atoms with Gasteiger partial charge in [0.1, 0.15) is 18.2 Å². The van der Waals surface area contributed by atoms with Crippen LogP contribution in [0.3, 0.4) is 0 Å². The zero-order valence-corrected chi connectivity index (χ0v) is 9.02. The highest BCUT2D eigenvalue weighted by Crippen LogP contribution is 2.15. The van der Waals surface area contributed by atoms with E-state index in [4.69, 9.17) is 5.11 Å². The number of anilines is 2. The highest BCUT2D eigenvalue weighted by atomic mass is 16.3. The average Bonchev–Trinajstić information content (AvgIpc) is 2.16. The van der Waals surface area contributed by atoms with E-state index in [-0.39, 0.29) is 6.61 Å². The second-order valence-electron chi connectivity index (χ2n) is 3.45. The number of nitrogens with zero attached hydrogens (tertiary/aromatic N) is 4. The fraction of sp³-hybridized carbons (Fsp3) is 0.556. The van der Waals surface area contributed by atoms with Gasteiger partial charge in [0.15, 0.2) is 5.82 Å². The summed E-state index contributed by atoms with van der Waals surface area (Å²) in [6.07, 6.45) is 0. The monoisotopic (exact) mass is 196 g/mol. The maximum absolute atomic E-state index is 8.99. The SMILES string of the molecule is CN(C)c1cc(N(C)C)nc(CO)n1. The van der Waals surface area contributed by atoms with Crippen molar-refractivity contribution in [1.29, 1.82) is 0 Å². The predicted molar refractivity (Wildman–Crippen MR) is 56.6 cm³/mol. The average molecular weight is 196 g/mol. The van der Waals surface area contributed by atoms with Crippen LogP contribution < -0.4 is 9.80 Å². The minimum Gasteiger partial charge on any atom is -0.388 e. The third-order valence-electron chi connectivity index (χ3n) is 1.80. The molecule has 1 N–H and O–H groups in total. The molecule has 0 amide bonds. The molecule has 1 heterocycles. The second-order valence-corrected chi connectivity index (χ2v) is 3.45. The Balaban J connectivity index is 3.13. The van der Waals surface area contributed by atoms with Crippen molar-refractivity contribution in [3.8, 4) is 0 Å². The van der Waals surface area contributed by atoms with Crippen LogP contribution in [0.25, 0.3) is 0 Å². The summed E-state index contributed by atoms with van der Waals surface area (Å²) in [5.41, 5.74) is 0. The van der Waals surface area contributed by atoms with Crippen LogP contribution in [-0.2, 0) is 6.61 Å². The first-order valence-electron chi connectivity index (χ1n) is 4.38. The molecule has 0 unspecified atom stereocenters. The van der Waals surface area contributed by atoms with Gasteiger partial charge >= 0.3 is 0 Å². The van der Waals surface area contributed by atoms with Gasteiger partial charge < -0.3 is 14.9 Å². The first kappa shape index (κ1) is 10.7. The summed E-state index contributed by atoms with van der Waals surface area (Å²) in [5.74, 6) is 2.04. The Labute approximate surface area is 84.0 Å². The van der Waals surface area contributed by atoms with E-state index < -0.39 is 0 Å². The molecular weight excluding hydrogens is 180 g/mol. The number of aromatic nitrogens is 2. The fourth-order valence-electron chi connectivity index (χ4n) is 0.998. The smallest absolute Gasteiger partial charge is 0.158 e. The molecule has 78 valence electrons. The van der Waals surface area contributed by atoms with Crippen molar-refractivity contribution in [2.24, 2.45) is 0 Å². The van der Waals surface area contributed by atoms with Gasteiger partial charge in [0.2, 0.25) is 0 Å². The topological polar surface area (TPSA) is 52.5 Å². The van der Waals surface area contributed by atoms with Gasteiger partial charge in [-0.25, -0.2) is 9.97 Å². The molecule has 0 fully saturated rings. The molecule has 0 saturated heterocycles. The molecule has 0 aliphatic rings. The van der Waals surface area contributed by atoms with Crippen LogP contribution >= 0.6 is 0 Å². The molecule has 1 aromatic rings. The molecule has 1 rings (SSSR count). The molecule has 0 aromatic carbocycles. The summed E-state index contributed by atoms with van der Waals surface area (Å²) >= 11 is 0. The van der Waals surface area contributed by atoms with Crippen molar-refractivity contribution in [2.75, 3.05) is 38.0 Å². The number of rotatable bonds is 3. The standard InChI is InChI=1S/C9H16N4O/c1-12(2)8-5-9(13(3)4)11-7(6-14)10-8/h5,14H,6H2,1-4H3. The van der Waals surface area contributed by atoms with Crippen LogP contribution in [0.1, 0.15) is 5.82 Å². The van der Waals surface area contributed by atoms with E-state index in [9.17, 15) is 0 Å². The van der Waals surface area contributed by atoms with Crippen LogP contribution in [0, 0.1) is 0 Å². The van der Waals surface area contributed by atoms with Gasteiger partial charge in [-0.1, -0.05) is 0 Å². The van der Waals surface area contributed by atoms with Crippen molar-refractivity contribution in [1.82, 2.24) is 9.97 Å². The second kappa shape index (κ2) is 4.23. The van der Waals surface area contributed by atoms with E-state index in [1.165, 1.54) is 0 Å². The summed E-state index contributed by atoms with van der Waals surface area (Å²) in [6, 6.07) is 1.87. The number of aliphatic hydroxyl groups is 1. The lowest BCUT2D eigenvalue weighted by Crippen LogP contribution is -2.17. The highest BCUT2D eigenvalue weighted by molar-refractivity contribution is 5.49. The van der Waals surface area contributed by atoms with Crippen molar-refractivity contribution in [3.05, 3.63) is 11.9 Å². The van der Waals surface area contributed by atoms with Crippen molar-refractivity contribution in [2.45, 2.75) is 6.61 Å². The Morgan fingerprint density at radius 2 is 1.50 bits per heavy atom. The lowest BCUT2D eigenvalue weighted by Gasteiger charge is -2.17. The maximum Gasteiger partial charge on any atom is 0.158 e. The summed E-state index contributed by atoms with van der Waals surface area (Å²) in [4.78, 5) is 12.1. The van der Waals surface area contributed by atoms with Gasteiger partial charge in [-0.15, -0.1) is 0 Å². The van der Waals surface area contributed by atoms with E-state index in [1.807, 2.05) is 44.1 Å². The quantitative estimate of drug-likeness (QED) is 0.743. The van der Waals surface area contributed by atoms with Gasteiger partial charge in [0.05, 0.1) is 0 Å². The lowest BCUT2D eigenvalue weighted by molar-refractivity contribution is 0.271. The number of aliphatic hydroxyl groups excluding tert-OH is 1. The van der Waals surface area contributed by atoms with Gasteiger partial charge in [0.25, 0.3) is 0 Å². The van der Waals surface area contributed by atoms with Gasteiger partial charge in [-0.3, -0.25) is 0 Å². The van der Waals surface area contributed by atoms with E-state index in [2.05, 4.69) is 9.97 Å². The van der Waals surface area contributed by atoms with Gasteiger partial charge in [-0.2, -0.15) is 0 Å². The predicted octanol–water partition coefficient (Wildman–Crippen LogP) is 0.101. The van der Waals surface area contributed by atoms with E-state index in [1.54, 1.807) is 0 Å². The minimum atomic E-state index is -0.136. The van der Waals surface area contributed by atoms with Gasteiger partial charge in [0, 0.05) is 34.3 Å². The van der Waals surface area contributed by atoms with E-state index in [0.29, 0.717) is 5.82 Å². The Kier molecular flexibility index (Phi) is 3.24. The molecular formula is C9H16N4O. The van der Waals surface area contributed by atoms with Gasteiger partial charge in [-0.05, 0) is 0 Å². The molecule has 0 aliphatic heterocycles. The highest BCUT2D eigenvalue weighted by Gasteiger charge is 2.06. The van der Waals surface area contributed by atoms with E-state index in [0.717, 1.165) is 11.6 Å². The molecule has 5 nitrogen and oxygen atoms in total. The third-order valence-corrected chi connectivity index (χ3v) is 1.80. The van der Waals surface area contributed by atoms with Crippen molar-refractivity contribution < 1.29 is 5.11 Å². The molecule has 0 atom stereocenters. The first-order chi connectivity index (χ1) is 6.54. The summed E-state index contributed by atoms with van der Waals surface area (Å²) in [5, 5.41) is 8.99. The molecule has 0 bridgehead atoms. The van der Waals surface area contributed by atoms with Crippen molar-refractivity contribution >= 4 is 11.6 Å². The van der Waals surface area contributed by atoms with Crippen LogP contribution in [0.5, 0.6) is 0 Å². The Hall–Kier alpha value is -1.36. The van der Waals surface area contributed by atoms with Crippen LogP contribution in [0.2, 0.25) is 0 Å². The molecule has 1 aromatic heterocycles. The number of hydrogen-bond donors (Lipinski definition) is 1. The number of hydrogen-bond acceptors (Lipinski definition) is 5. The first-order valence-corrected chi connectivity index (χ1v) is 4.38. The fourth-order valence-corrected chi connectivity index (χ4v) is 0.998. The molecule has 0 spiro atoms. The molecule has 0 saturated carbocycles.